The lowest BCUT2D eigenvalue weighted by molar-refractivity contribution is -0.147. The number of hydrogen-bond acceptors (Lipinski definition) is 6. The predicted molar refractivity (Wildman–Crippen MR) is 106 cm³/mol. The summed E-state index contributed by atoms with van der Waals surface area (Å²) in [5, 5.41) is 5.13. The van der Waals surface area contributed by atoms with Crippen molar-refractivity contribution in [3.8, 4) is 0 Å². The van der Waals surface area contributed by atoms with E-state index < -0.39 is 35.0 Å². The standard InChI is InChI=1S/C20H36N2O6/c1-19(2,3)15(23)27-17(25)21-13-11-9-7-8-10-12-14-22-18(26)28-16(24)20(4,5)6/h7-14H2,1-6H3,(H,21,25)(H,22,26). The highest BCUT2D eigenvalue weighted by Crippen LogP contribution is 2.15. The van der Waals surface area contributed by atoms with Gasteiger partial charge in [0.1, 0.15) is 0 Å². The highest BCUT2D eigenvalue weighted by molar-refractivity contribution is 5.87. The summed E-state index contributed by atoms with van der Waals surface area (Å²) in [6.07, 6.45) is 4.10. The van der Waals surface area contributed by atoms with Gasteiger partial charge in [0, 0.05) is 13.1 Å². The van der Waals surface area contributed by atoms with Crippen molar-refractivity contribution in [3.63, 3.8) is 0 Å². The molecule has 0 radical (unpaired) electrons. The number of ether oxygens (including phenoxy) is 2. The Balaban J connectivity index is 3.56. The summed E-state index contributed by atoms with van der Waals surface area (Å²) in [6.45, 7) is 11.0. The molecule has 0 atom stereocenters. The molecule has 0 aliphatic carbocycles. The van der Waals surface area contributed by atoms with Crippen LogP contribution in [0.4, 0.5) is 9.59 Å². The van der Waals surface area contributed by atoms with Gasteiger partial charge in [-0.3, -0.25) is 9.59 Å². The van der Waals surface area contributed by atoms with Crippen molar-refractivity contribution in [2.75, 3.05) is 13.1 Å². The van der Waals surface area contributed by atoms with Gasteiger partial charge in [-0.25, -0.2) is 9.59 Å². The van der Waals surface area contributed by atoms with Gasteiger partial charge in [-0.2, -0.15) is 0 Å². The monoisotopic (exact) mass is 400 g/mol. The number of nitrogens with one attached hydrogen (secondary N) is 2. The van der Waals surface area contributed by atoms with Gasteiger partial charge in [-0.1, -0.05) is 25.7 Å². The molecule has 0 spiro atoms. The maximum Gasteiger partial charge on any atom is 0.414 e. The largest absolute Gasteiger partial charge is 0.414 e. The number of alkyl carbamates (subject to hydrolysis) is 2. The minimum Gasteiger partial charge on any atom is -0.376 e. The number of carbonyl (C=O) groups is 4. The zero-order chi connectivity index (χ0) is 21.8. The van der Waals surface area contributed by atoms with E-state index in [-0.39, 0.29) is 0 Å². The van der Waals surface area contributed by atoms with Crippen LogP contribution in [0.25, 0.3) is 0 Å². The van der Waals surface area contributed by atoms with Gasteiger partial charge in [0.2, 0.25) is 0 Å². The van der Waals surface area contributed by atoms with Crippen LogP contribution in [0.3, 0.4) is 0 Å². The Kier molecular flexibility index (Phi) is 11.4. The van der Waals surface area contributed by atoms with Crippen molar-refractivity contribution in [3.05, 3.63) is 0 Å². The van der Waals surface area contributed by atoms with Gasteiger partial charge < -0.3 is 20.1 Å². The fourth-order valence-electron chi connectivity index (χ4n) is 1.88. The van der Waals surface area contributed by atoms with E-state index in [1.807, 2.05) is 0 Å². The first kappa shape index (κ1) is 25.9. The number of amides is 2. The lowest BCUT2D eigenvalue weighted by Gasteiger charge is -2.15. The highest BCUT2D eigenvalue weighted by Gasteiger charge is 2.26. The van der Waals surface area contributed by atoms with E-state index in [2.05, 4.69) is 10.6 Å². The second-order valence-corrected chi connectivity index (χ2v) is 8.83. The highest BCUT2D eigenvalue weighted by atomic mass is 16.6. The maximum absolute atomic E-state index is 11.5. The summed E-state index contributed by atoms with van der Waals surface area (Å²) >= 11 is 0. The molecule has 0 saturated carbocycles. The Morgan fingerprint density at radius 2 is 0.857 bits per heavy atom. The van der Waals surface area contributed by atoms with E-state index in [1.165, 1.54) is 0 Å². The van der Waals surface area contributed by atoms with Crippen molar-refractivity contribution in [1.82, 2.24) is 10.6 Å². The van der Waals surface area contributed by atoms with Crippen LogP contribution in [0.1, 0.15) is 80.1 Å². The fourth-order valence-corrected chi connectivity index (χ4v) is 1.88. The van der Waals surface area contributed by atoms with Crippen LogP contribution in [-0.2, 0) is 19.1 Å². The van der Waals surface area contributed by atoms with Crippen molar-refractivity contribution in [2.45, 2.75) is 80.1 Å². The number of rotatable bonds is 9. The Bertz CT molecular complexity index is 484. The van der Waals surface area contributed by atoms with Crippen molar-refractivity contribution < 1.29 is 28.7 Å². The molecule has 2 N–H and O–H groups in total. The first-order valence-corrected chi connectivity index (χ1v) is 9.84. The summed E-state index contributed by atoms with van der Waals surface area (Å²) in [6, 6.07) is 0. The molecule has 0 fully saturated rings. The Labute approximate surface area is 168 Å². The van der Waals surface area contributed by atoms with Gasteiger partial charge in [-0.05, 0) is 54.4 Å². The minimum atomic E-state index is -0.706. The van der Waals surface area contributed by atoms with E-state index in [0.717, 1.165) is 38.5 Å². The summed E-state index contributed by atoms with van der Waals surface area (Å²) in [7, 11) is 0. The number of esters is 2. The maximum atomic E-state index is 11.5. The molecule has 2 amide bonds. The molecule has 0 saturated heterocycles. The molecule has 0 aliphatic heterocycles. The molecule has 0 heterocycles. The van der Waals surface area contributed by atoms with E-state index in [1.54, 1.807) is 41.5 Å². The van der Waals surface area contributed by atoms with Crippen molar-refractivity contribution in [2.24, 2.45) is 10.8 Å². The minimum absolute atomic E-state index is 0.464. The van der Waals surface area contributed by atoms with Gasteiger partial charge in [-0.15, -0.1) is 0 Å². The molecule has 0 aliphatic rings. The van der Waals surface area contributed by atoms with E-state index in [4.69, 9.17) is 9.47 Å². The third-order valence-corrected chi connectivity index (χ3v) is 3.74. The van der Waals surface area contributed by atoms with Gasteiger partial charge in [0.25, 0.3) is 0 Å². The van der Waals surface area contributed by atoms with Crippen LogP contribution in [0.15, 0.2) is 0 Å². The molecule has 28 heavy (non-hydrogen) atoms. The number of carbonyl (C=O) groups excluding carboxylic acids is 4. The molecular weight excluding hydrogens is 364 g/mol. The molecule has 8 heteroatoms. The van der Waals surface area contributed by atoms with Crippen LogP contribution < -0.4 is 10.6 Å². The summed E-state index contributed by atoms with van der Waals surface area (Å²) in [5.74, 6) is -1.10. The molecule has 0 aromatic heterocycles. The first-order chi connectivity index (χ1) is 12.8. The first-order valence-electron chi connectivity index (χ1n) is 9.84. The molecule has 8 nitrogen and oxygen atoms in total. The quantitative estimate of drug-likeness (QED) is 0.345. The number of unbranched alkanes of at least 4 members (excludes halogenated alkanes) is 5. The third-order valence-electron chi connectivity index (χ3n) is 3.74. The zero-order valence-electron chi connectivity index (χ0n) is 18.1. The normalized spacial score (nSPS) is 11.5. The van der Waals surface area contributed by atoms with Gasteiger partial charge in [0.05, 0.1) is 10.8 Å². The Hall–Kier alpha value is -2.12. The third kappa shape index (κ3) is 13.1. The van der Waals surface area contributed by atoms with Crippen molar-refractivity contribution >= 4 is 24.1 Å². The molecule has 0 bridgehead atoms. The summed E-state index contributed by atoms with van der Waals surface area (Å²) in [5.41, 5.74) is -1.41. The van der Waals surface area contributed by atoms with Crippen LogP contribution in [0, 0.1) is 10.8 Å². The molecular formula is C20H36N2O6. The lowest BCUT2D eigenvalue weighted by Crippen LogP contribution is -2.32. The summed E-state index contributed by atoms with van der Waals surface area (Å²) in [4.78, 5) is 46.0. The topological polar surface area (TPSA) is 111 Å². The van der Waals surface area contributed by atoms with Gasteiger partial charge in [0.15, 0.2) is 0 Å². The smallest absolute Gasteiger partial charge is 0.376 e. The second-order valence-electron chi connectivity index (χ2n) is 8.83. The molecule has 162 valence electrons. The predicted octanol–water partition coefficient (Wildman–Crippen LogP) is 3.92. The van der Waals surface area contributed by atoms with Crippen LogP contribution in [0.5, 0.6) is 0 Å². The fraction of sp³-hybridized carbons (Fsp3) is 0.800. The van der Waals surface area contributed by atoms with E-state index in [9.17, 15) is 19.2 Å². The average molecular weight is 401 g/mol. The van der Waals surface area contributed by atoms with E-state index in [0.29, 0.717) is 13.1 Å². The molecule has 0 aromatic rings. The van der Waals surface area contributed by atoms with E-state index >= 15 is 0 Å². The van der Waals surface area contributed by atoms with Crippen LogP contribution in [0.2, 0.25) is 0 Å². The van der Waals surface area contributed by atoms with Crippen LogP contribution >= 0.6 is 0 Å². The van der Waals surface area contributed by atoms with Gasteiger partial charge >= 0.3 is 24.1 Å². The molecule has 0 rings (SSSR count). The zero-order valence-corrected chi connectivity index (χ0v) is 18.1. The molecule has 0 aromatic carbocycles. The van der Waals surface area contributed by atoms with Crippen LogP contribution in [-0.4, -0.2) is 37.2 Å². The summed E-state index contributed by atoms with van der Waals surface area (Å²) < 4.78 is 9.39. The lowest BCUT2D eigenvalue weighted by atomic mass is 9.97. The second kappa shape index (κ2) is 12.4. The van der Waals surface area contributed by atoms with Crippen molar-refractivity contribution in [1.29, 1.82) is 0 Å². The molecule has 0 unspecified atom stereocenters. The SMILES string of the molecule is CC(C)(C)C(=O)OC(=O)NCCCCCCCCNC(=O)OC(=O)C(C)(C)C. The average Bonchev–Trinajstić information content (AvgIpc) is 2.54. The number of hydrogen-bond donors (Lipinski definition) is 2. The Morgan fingerprint density at radius 3 is 1.14 bits per heavy atom. The Morgan fingerprint density at radius 1 is 0.571 bits per heavy atom.